The molecule has 0 bridgehead atoms. The average Bonchev–Trinajstić information content (AvgIpc) is 2.21. The molecule has 16 heavy (non-hydrogen) atoms. The molecule has 0 aliphatic rings. The second kappa shape index (κ2) is 5.07. The Morgan fingerprint density at radius 2 is 2.12 bits per heavy atom. The summed E-state index contributed by atoms with van der Waals surface area (Å²) in [4.78, 5) is 10.7. The first kappa shape index (κ1) is 12.6. The van der Waals surface area contributed by atoms with Crippen molar-refractivity contribution in [2.24, 2.45) is 0 Å². The summed E-state index contributed by atoms with van der Waals surface area (Å²) in [6, 6.07) is 3.38. The van der Waals surface area contributed by atoms with Gasteiger partial charge in [-0.05, 0) is 30.0 Å². The van der Waals surface area contributed by atoms with Crippen molar-refractivity contribution >= 4 is 28.9 Å². The largest absolute Gasteiger partial charge is 0.481 e. The zero-order chi connectivity index (χ0) is 12.3. The Morgan fingerprint density at radius 1 is 1.50 bits per heavy atom. The summed E-state index contributed by atoms with van der Waals surface area (Å²) in [6.07, 6.45) is 0.780. The molecule has 5 N–H and O–H groups in total. The molecule has 1 rings (SSSR count). The predicted molar refractivity (Wildman–Crippen MR) is 65.6 cm³/mol. The van der Waals surface area contributed by atoms with Gasteiger partial charge in [0.25, 0.3) is 0 Å². The number of rotatable bonds is 4. The molecule has 0 aliphatic carbocycles. The van der Waals surface area contributed by atoms with E-state index in [-0.39, 0.29) is 12.3 Å². The Balaban J connectivity index is 3.06. The third-order valence-electron chi connectivity index (χ3n) is 2.57. The van der Waals surface area contributed by atoms with E-state index >= 15 is 0 Å². The molecule has 0 spiro atoms. The fraction of sp³-hybridized carbons (Fsp3) is 0.364. The molecule has 1 aromatic rings. The second-order valence-electron chi connectivity index (χ2n) is 3.71. The van der Waals surface area contributed by atoms with E-state index in [1.807, 2.05) is 6.92 Å². The van der Waals surface area contributed by atoms with Crippen LogP contribution in [0, 0.1) is 0 Å². The maximum atomic E-state index is 10.7. The van der Waals surface area contributed by atoms with Gasteiger partial charge < -0.3 is 16.6 Å². The zero-order valence-corrected chi connectivity index (χ0v) is 9.79. The van der Waals surface area contributed by atoms with Crippen LogP contribution < -0.4 is 11.5 Å². The summed E-state index contributed by atoms with van der Waals surface area (Å²) in [5, 5.41) is 9.15. The van der Waals surface area contributed by atoms with Crippen LogP contribution in [0.5, 0.6) is 0 Å². The molecule has 0 heterocycles. The summed E-state index contributed by atoms with van der Waals surface area (Å²) in [5.41, 5.74) is 12.9. The highest BCUT2D eigenvalue weighted by Crippen LogP contribution is 2.32. The van der Waals surface area contributed by atoms with Crippen LogP contribution in [0.15, 0.2) is 12.1 Å². The SMILES string of the molecule is CC[C@@H](CC(=O)O)c1cc(N)c(N)c(Cl)c1. The van der Waals surface area contributed by atoms with Gasteiger partial charge in [-0.25, -0.2) is 0 Å². The summed E-state index contributed by atoms with van der Waals surface area (Å²) in [7, 11) is 0. The lowest BCUT2D eigenvalue weighted by Gasteiger charge is -2.15. The van der Waals surface area contributed by atoms with E-state index in [1.54, 1.807) is 12.1 Å². The highest BCUT2D eigenvalue weighted by atomic mass is 35.5. The van der Waals surface area contributed by atoms with Crippen LogP contribution in [0.2, 0.25) is 5.02 Å². The Hall–Kier alpha value is -1.42. The van der Waals surface area contributed by atoms with Gasteiger partial charge in [0.05, 0.1) is 22.8 Å². The van der Waals surface area contributed by atoms with Crippen LogP contribution in [0.4, 0.5) is 11.4 Å². The van der Waals surface area contributed by atoms with Crippen molar-refractivity contribution in [1.82, 2.24) is 0 Å². The lowest BCUT2D eigenvalue weighted by molar-refractivity contribution is -0.137. The topological polar surface area (TPSA) is 89.3 Å². The Labute approximate surface area is 99.2 Å². The van der Waals surface area contributed by atoms with Crippen molar-refractivity contribution in [2.45, 2.75) is 25.7 Å². The minimum Gasteiger partial charge on any atom is -0.481 e. The van der Waals surface area contributed by atoms with E-state index in [0.29, 0.717) is 22.8 Å². The Bertz CT molecular complexity index is 384. The van der Waals surface area contributed by atoms with Crippen molar-refractivity contribution in [3.8, 4) is 0 Å². The quantitative estimate of drug-likeness (QED) is 0.708. The van der Waals surface area contributed by atoms with E-state index in [9.17, 15) is 4.79 Å². The number of carboxylic acids is 1. The Kier molecular flexibility index (Phi) is 4.01. The van der Waals surface area contributed by atoms with Gasteiger partial charge in [-0.1, -0.05) is 18.5 Å². The summed E-state index contributed by atoms with van der Waals surface area (Å²) in [5.74, 6) is -0.920. The van der Waals surface area contributed by atoms with E-state index in [4.69, 9.17) is 28.2 Å². The van der Waals surface area contributed by atoms with Gasteiger partial charge in [-0.3, -0.25) is 4.79 Å². The molecule has 1 atom stereocenters. The molecule has 5 heteroatoms. The van der Waals surface area contributed by atoms with Crippen LogP contribution in [0.3, 0.4) is 0 Å². The fourth-order valence-electron chi connectivity index (χ4n) is 1.61. The van der Waals surface area contributed by atoms with Crippen LogP contribution in [0.25, 0.3) is 0 Å². The molecule has 0 aliphatic heterocycles. The van der Waals surface area contributed by atoms with Crippen molar-refractivity contribution in [1.29, 1.82) is 0 Å². The van der Waals surface area contributed by atoms with E-state index in [1.165, 1.54) is 0 Å². The van der Waals surface area contributed by atoms with Crippen LogP contribution >= 0.6 is 11.6 Å². The lowest BCUT2D eigenvalue weighted by Crippen LogP contribution is -2.07. The second-order valence-corrected chi connectivity index (χ2v) is 4.12. The van der Waals surface area contributed by atoms with Crippen LogP contribution in [-0.4, -0.2) is 11.1 Å². The first-order chi connectivity index (χ1) is 7.45. The number of carbonyl (C=O) groups is 1. The zero-order valence-electron chi connectivity index (χ0n) is 9.03. The standard InChI is InChI=1S/C11H15ClN2O2/c1-2-6(5-10(15)16)7-3-8(12)11(14)9(13)4-7/h3-4,6H,2,5,13-14H2,1H3,(H,15,16)/t6-/m0/s1. The van der Waals surface area contributed by atoms with E-state index in [0.717, 1.165) is 5.56 Å². The smallest absolute Gasteiger partial charge is 0.303 e. The van der Waals surface area contributed by atoms with Gasteiger partial charge in [0.2, 0.25) is 0 Å². The maximum absolute atomic E-state index is 10.7. The van der Waals surface area contributed by atoms with Crippen molar-refractivity contribution in [2.75, 3.05) is 11.5 Å². The third kappa shape index (κ3) is 2.79. The molecule has 0 saturated heterocycles. The minimum absolute atomic E-state index is 0.0657. The molecule has 0 fully saturated rings. The van der Waals surface area contributed by atoms with Crippen molar-refractivity contribution < 1.29 is 9.90 Å². The molecule has 88 valence electrons. The molecule has 0 radical (unpaired) electrons. The van der Waals surface area contributed by atoms with Crippen LogP contribution in [0.1, 0.15) is 31.2 Å². The Morgan fingerprint density at radius 3 is 2.56 bits per heavy atom. The number of nitrogens with two attached hydrogens (primary N) is 2. The summed E-state index contributed by atoms with van der Waals surface area (Å²) in [6.45, 7) is 1.92. The molecule has 0 aromatic heterocycles. The predicted octanol–water partition coefficient (Wildman–Crippen LogP) is 2.47. The third-order valence-corrected chi connectivity index (χ3v) is 2.88. The van der Waals surface area contributed by atoms with Gasteiger partial charge >= 0.3 is 5.97 Å². The number of anilines is 2. The number of halogens is 1. The number of carboxylic acid groups (broad SMARTS) is 1. The van der Waals surface area contributed by atoms with E-state index in [2.05, 4.69) is 0 Å². The molecule has 1 aromatic carbocycles. The minimum atomic E-state index is -0.835. The average molecular weight is 243 g/mol. The molecule has 0 saturated carbocycles. The number of benzene rings is 1. The first-order valence-electron chi connectivity index (χ1n) is 5.01. The van der Waals surface area contributed by atoms with E-state index < -0.39 is 5.97 Å². The molecular weight excluding hydrogens is 228 g/mol. The normalized spacial score (nSPS) is 12.4. The highest BCUT2D eigenvalue weighted by molar-refractivity contribution is 6.33. The first-order valence-corrected chi connectivity index (χ1v) is 5.39. The summed E-state index contributed by atoms with van der Waals surface area (Å²) >= 11 is 5.90. The van der Waals surface area contributed by atoms with Crippen molar-refractivity contribution in [3.63, 3.8) is 0 Å². The van der Waals surface area contributed by atoms with Crippen molar-refractivity contribution in [3.05, 3.63) is 22.7 Å². The van der Waals surface area contributed by atoms with Gasteiger partial charge in [0.1, 0.15) is 0 Å². The maximum Gasteiger partial charge on any atom is 0.303 e. The lowest BCUT2D eigenvalue weighted by atomic mass is 9.92. The molecular formula is C11H15ClN2O2. The number of aliphatic carboxylic acids is 1. The highest BCUT2D eigenvalue weighted by Gasteiger charge is 2.15. The molecule has 0 unspecified atom stereocenters. The number of hydrogen-bond acceptors (Lipinski definition) is 3. The van der Waals surface area contributed by atoms with Crippen LogP contribution in [-0.2, 0) is 4.79 Å². The van der Waals surface area contributed by atoms with Gasteiger partial charge in [-0.2, -0.15) is 0 Å². The monoisotopic (exact) mass is 242 g/mol. The molecule has 4 nitrogen and oxygen atoms in total. The molecule has 0 amide bonds. The fourth-order valence-corrected chi connectivity index (χ4v) is 1.84. The number of nitrogen functional groups attached to an aromatic ring is 2. The number of hydrogen-bond donors (Lipinski definition) is 3. The van der Waals surface area contributed by atoms with Gasteiger partial charge in [0.15, 0.2) is 0 Å². The van der Waals surface area contributed by atoms with Gasteiger partial charge in [-0.15, -0.1) is 0 Å². The van der Waals surface area contributed by atoms with Gasteiger partial charge in [0, 0.05) is 0 Å². The summed E-state index contributed by atoms with van der Waals surface area (Å²) < 4.78 is 0.